The van der Waals surface area contributed by atoms with Crippen LogP contribution in [0.4, 0.5) is 8.78 Å². The van der Waals surface area contributed by atoms with Crippen LogP contribution in [0.1, 0.15) is 21.0 Å². The first-order chi connectivity index (χ1) is 11.9. The van der Waals surface area contributed by atoms with Crippen LogP contribution >= 0.6 is 0 Å². The molecule has 1 heterocycles. The van der Waals surface area contributed by atoms with Gasteiger partial charge in [0.1, 0.15) is 11.6 Å². The Bertz CT molecular complexity index is 887. The van der Waals surface area contributed by atoms with E-state index in [9.17, 15) is 18.4 Å². The number of carbonyl (C=O) groups excluding carboxylic acids is 2. The zero-order valence-electron chi connectivity index (χ0n) is 13.6. The van der Waals surface area contributed by atoms with Crippen molar-refractivity contribution < 1.29 is 22.8 Å². The van der Waals surface area contributed by atoms with Crippen molar-refractivity contribution in [1.29, 1.82) is 0 Å². The molecule has 1 aromatic carbocycles. The molecular weight excluding hydrogens is 332 g/mol. The molecule has 130 valence electrons. The smallest absolute Gasteiger partial charge is 0.246 e. The van der Waals surface area contributed by atoms with Gasteiger partial charge in [0.15, 0.2) is 5.69 Å². The van der Waals surface area contributed by atoms with Crippen molar-refractivity contribution in [3.8, 4) is 11.5 Å². The van der Waals surface area contributed by atoms with Crippen molar-refractivity contribution in [2.45, 2.75) is 0 Å². The third kappa shape index (κ3) is 3.34. The van der Waals surface area contributed by atoms with Crippen LogP contribution in [0.15, 0.2) is 34.4 Å². The van der Waals surface area contributed by atoms with Crippen LogP contribution in [-0.2, 0) is 0 Å². The predicted octanol–water partition coefficient (Wildman–Crippen LogP) is 2.03. The normalized spacial score (nSPS) is 13.9. The van der Waals surface area contributed by atoms with Crippen molar-refractivity contribution >= 4 is 11.6 Å². The molecule has 0 saturated carbocycles. The number of aromatic nitrogens is 1. The Balaban J connectivity index is 1.91. The minimum Gasteiger partial charge on any atom is -0.432 e. The first-order valence-electron chi connectivity index (χ1n) is 7.52. The highest BCUT2D eigenvalue weighted by Crippen LogP contribution is 2.28. The number of rotatable bonds is 5. The number of carbonyl (C=O) groups is 2. The number of likely N-dealkylation sites (N-methyl/N-ethyl adjacent to an activating group) is 1. The molecule has 1 aromatic heterocycles. The first-order valence-corrected chi connectivity index (χ1v) is 7.52. The van der Waals surface area contributed by atoms with Crippen LogP contribution in [0.25, 0.3) is 11.5 Å². The fourth-order valence-electron chi connectivity index (χ4n) is 2.35. The summed E-state index contributed by atoms with van der Waals surface area (Å²) in [7, 11) is 3.75. The van der Waals surface area contributed by atoms with Gasteiger partial charge in [0.25, 0.3) is 0 Å². The molecule has 2 aromatic rings. The number of nitrogens with one attached hydrogen (secondary N) is 1. The summed E-state index contributed by atoms with van der Waals surface area (Å²) in [5, 5.41) is 2.87. The zero-order valence-corrected chi connectivity index (χ0v) is 13.6. The van der Waals surface area contributed by atoms with Gasteiger partial charge in [-0.15, -0.1) is 0 Å². The number of nitrogens with zero attached hydrogens (tertiary/aromatic N) is 2. The second-order valence-electron chi connectivity index (χ2n) is 5.80. The minimum absolute atomic E-state index is 0.0850. The van der Waals surface area contributed by atoms with Gasteiger partial charge in [0, 0.05) is 19.2 Å². The molecule has 1 N–H and O–H groups in total. The van der Waals surface area contributed by atoms with Gasteiger partial charge < -0.3 is 14.6 Å². The highest BCUT2D eigenvalue weighted by Gasteiger charge is 2.32. The Hall–Kier alpha value is -2.87. The van der Waals surface area contributed by atoms with Gasteiger partial charge in [-0.1, -0.05) is 0 Å². The number of benzene rings is 1. The van der Waals surface area contributed by atoms with E-state index in [0.717, 1.165) is 24.3 Å². The summed E-state index contributed by atoms with van der Waals surface area (Å²) >= 11 is 0. The third-order valence-electron chi connectivity index (χ3n) is 3.62. The van der Waals surface area contributed by atoms with E-state index < -0.39 is 23.2 Å². The monoisotopic (exact) mass is 347 g/mol. The summed E-state index contributed by atoms with van der Waals surface area (Å²) in [6.45, 7) is 1.11. The number of oxazole rings is 1. The van der Waals surface area contributed by atoms with Gasteiger partial charge in [-0.05, 0) is 32.3 Å². The van der Waals surface area contributed by atoms with E-state index in [1.807, 2.05) is 19.0 Å². The van der Waals surface area contributed by atoms with Gasteiger partial charge in [-0.3, -0.25) is 9.59 Å². The molecule has 0 amide bonds. The minimum atomic E-state index is -0.766. The van der Waals surface area contributed by atoms with Gasteiger partial charge in [0.2, 0.25) is 23.2 Å². The van der Waals surface area contributed by atoms with Crippen molar-refractivity contribution in [2.75, 3.05) is 27.2 Å². The van der Waals surface area contributed by atoms with Gasteiger partial charge in [-0.2, -0.15) is 0 Å². The third-order valence-corrected chi connectivity index (χ3v) is 3.62. The van der Waals surface area contributed by atoms with E-state index in [-0.39, 0.29) is 28.6 Å². The lowest BCUT2D eigenvalue weighted by Gasteiger charge is -2.14. The Morgan fingerprint density at radius 3 is 2.72 bits per heavy atom. The molecule has 0 aliphatic heterocycles. The van der Waals surface area contributed by atoms with Crippen molar-refractivity contribution in [2.24, 2.45) is 0 Å². The maximum Gasteiger partial charge on any atom is 0.246 e. The van der Waals surface area contributed by atoms with Crippen LogP contribution in [0.2, 0.25) is 0 Å². The van der Waals surface area contributed by atoms with E-state index in [1.165, 1.54) is 0 Å². The average Bonchev–Trinajstić information content (AvgIpc) is 3.00. The predicted molar refractivity (Wildman–Crippen MR) is 85.2 cm³/mol. The summed E-state index contributed by atoms with van der Waals surface area (Å²) in [4.78, 5) is 30.4. The topological polar surface area (TPSA) is 75.4 Å². The van der Waals surface area contributed by atoms with E-state index >= 15 is 0 Å². The second-order valence-corrected chi connectivity index (χ2v) is 5.80. The molecule has 0 bridgehead atoms. The van der Waals surface area contributed by atoms with E-state index in [0.29, 0.717) is 13.1 Å². The van der Waals surface area contributed by atoms with Crippen molar-refractivity contribution in [3.05, 3.63) is 53.1 Å². The maximum atomic E-state index is 13.9. The molecule has 0 spiro atoms. The first kappa shape index (κ1) is 17.0. The molecule has 8 heteroatoms. The molecule has 0 saturated heterocycles. The van der Waals surface area contributed by atoms with Crippen LogP contribution in [0.5, 0.6) is 0 Å². The SMILES string of the molecule is CN(C)CCNC1=CC(=O)c2nc(-c3cc(F)ccc3F)oc2C1=O. The van der Waals surface area contributed by atoms with E-state index in [1.54, 1.807) is 0 Å². The quantitative estimate of drug-likeness (QED) is 0.892. The maximum absolute atomic E-state index is 13.9. The molecule has 25 heavy (non-hydrogen) atoms. The lowest BCUT2D eigenvalue weighted by molar-refractivity contribution is 0.0956. The van der Waals surface area contributed by atoms with Gasteiger partial charge in [0.05, 0.1) is 11.3 Å². The fraction of sp³-hybridized carbons (Fsp3) is 0.235. The number of allylic oxidation sites excluding steroid dienone is 2. The van der Waals surface area contributed by atoms with Gasteiger partial charge in [-0.25, -0.2) is 13.8 Å². The fourth-order valence-corrected chi connectivity index (χ4v) is 2.35. The highest BCUT2D eigenvalue weighted by atomic mass is 19.1. The number of hydrogen-bond donors (Lipinski definition) is 1. The summed E-state index contributed by atoms with van der Waals surface area (Å²) in [5.74, 6) is -3.13. The van der Waals surface area contributed by atoms with Gasteiger partial charge >= 0.3 is 0 Å². The number of Topliss-reactive ketones (excluding diaryl/α,β-unsaturated/α-hetero) is 1. The van der Waals surface area contributed by atoms with Crippen LogP contribution in [0, 0.1) is 11.6 Å². The summed E-state index contributed by atoms with van der Waals surface area (Å²) in [6.07, 6.45) is 1.13. The zero-order chi connectivity index (χ0) is 18.1. The van der Waals surface area contributed by atoms with Crippen molar-refractivity contribution in [3.63, 3.8) is 0 Å². The molecular formula is C17H15F2N3O3. The Kier molecular flexibility index (Phi) is 4.45. The molecule has 0 fully saturated rings. The molecule has 1 aliphatic rings. The molecule has 1 aliphatic carbocycles. The van der Waals surface area contributed by atoms with Crippen LogP contribution < -0.4 is 5.32 Å². The molecule has 0 unspecified atom stereocenters. The van der Waals surface area contributed by atoms with Crippen LogP contribution in [-0.4, -0.2) is 48.6 Å². The lowest BCUT2D eigenvalue weighted by Crippen LogP contribution is -2.31. The standard InChI is InChI=1S/C17H15F2N3O3/c1-22(2)6-5-20-12-8-13(23)14-16(15(12)24)25-17(21-14)10-7-9(18)3-4-11(10)19/h3-4,7-8,20H,5-6H2,1-2H3. The summed E-state index contributed by atoms with van der Waals surface area (Å²) in [5.41, 5.74) is -0.374. The second kappa shape index (κ2) is 6.56. The number of halogens is 2. The molecule has 0 atom stereocenters. The van der Waals surface area contributed by atoms with E-state index in [4.69, 9.17) is 4.42 Å². The summed E-state index contributed by atoms with van der Waals surface area (Å²) in [6, 6.07) is 2.77. The highest BCUT2D eigenvalue weighted by molar-refractivity contribution is 6.22. The number of hydrogen-bond acceptors (Lipinski definition) is 6. The lowest BCUT2D eigenvalue weighted by atomic mass is 10.0. The van der Waals surface area contributed by atoms with E-state index in [2.05, 4.69) is 10.3 Å². The number of ketones is 2. The van der Waals surface area contributed by atoms with Crippen molar-refractivity contribution in [1.82, 2.24) is 15.2 Å². The molecule has 3 rings (SSSR count). The Morgan fingerprint density at radius 2 is 2.00 bits per heavy atom. The summed E-state index contributed by atoms with van der Waals surface area (Å²) < 4.78 is 32.5. The Morgan fingerprint density at radius 1 is 1.24 bits per heavy atom. The molecule has 6 nitrogen and oxygen atoms in total. The number of fused-ring (bicyclic) bond motifs is 1. The largest absolute Gasteiger partial charge is 0.432 e. The average molecular weight is 347 g/mol. The Labute approximate surface area is 142 Å². The van der Waals surface area contributed by atoms with Crippen LogP contribution in [0.3, 0.4) is 0 Å². The molecule has 0 radical (unpaired) electrons.